The molecule has 24 heavy (non-hydrogen) atoms. The number of benzene rings is 1. The molecule has 0 N–H and O–H groups in total. The highest BCUT2D eigenvalue weighted by Gasteiger charge is 2.26. The number of amides is 1. The monoisotopic (exact) mass is 338 g/mol. The molecule has 0 saturated carbocycles. The molecule has 1 saturated heterocycles. The minimum Gasteiger partial charge on any atom is -0.344 e. The van der Waals surface area contributed by atoms with Gasteiger partial charge in [-0.3, -0.25) is 4.79 Å². The summed E-state index contributed by atoms with van der Waals surface area (Å²) >= 11 is 1.63. The van der Waals surface area contributed by atoms with E-state index in [0.717, 1.165) is 34.0 Å². The highest BCUT2D eigenvalue weighted by molar-refractivity contribution is 7.17. The van der Waals surface area contributed by atoms with Gasteiger partial charge in [-0.2, -0.15) is 0 Å². The molecule has 0 aliphatic carbocycles. The van der Waals surface area contributed by atoms with Crippen molar-refractivity contribution in [3.63, 3.8) is 0 Å². The second-order valence-electron chi connectivity index (χ2n) is 5.95. The zero-order valence-corrected chi connectivity index (χ0v) is 14.3. The second-order valence-corrected chi connectivity index (χ2v) is 6.87. The fourth-order valence-corrected chi connectivity index (χ4v) is 3.88. The molecule has 3 aromatic rings. The molecular weight excluding hydrogens is 320 g/mol. The number of carbonyl (C=O) groups is 1. The van der Waals surface area contributed by atoms with Crippen LogP contribution >= 0.6 is 11.3 Å². The fourth-order valence-electron chi connectivity index (χ4n) is 3.04. The zero-order chi connectivity index (χ0) is 16.5. The highest BCUT2D eigenvalue weighted by Crippen LogP contribution is 2.29. The molecule has 0 unspecified atom stereocenters. The van der Waals surface area contributed by atoms with E-state index < -0.39 is 0 Å². The molecule has 0 spiro atoms. The van der Waals surface area contributed by atoms with Crippen molar-refractivity contribution in [2.45, 2.75) is 13.5 Å². The van der Waals surface area contributed by atoms with E-state index in [-0.39, 0.29) is 5.91 Å². The van der Waals surface area contributed by atoms with Gasteiger partial charge in [0.25, 0.3) is 0 Å². The first kappa shape index (κ1) is 15.1. The first-order valence-electron chi connectivity index (χ1n) is 7.99. The van der Waals surface area contributed by atoms with E-state index in [1.54, 1.807) is 11.3 Å². The van der Waals surface area contributed by atoms with Gasteiger partial charge in [0, 0.05) is 19.6 Å². The number of nitrogens with zero attached hydrogens (tertiary/aromatic N) is 4. The average molecular weight is 338 g/mol. The van der Waals surface area contributed by atoms with Crippen LogP contribution in [0.15, 0.2) is 41.8 Å². The number of fused-ring (bicyclic) bond motifs is 1. The van der Waals surface area contributed by atoms with Crippen LogP contribution in [0.2, 0.25) is 0 Å². The Morgan fingerprint density at radius 1 is 1.12 bits per heavy atom. The number of hydrogen-bond acceptors (Lipinski definition) is 5. The third-order valence-electron chi connectivity index (χ3n) is 4.23. The minimum absolute atomic E-state index is 0.145. The van der Waals surface area contributed by atoms with Crippen LogP contribution in [0.5, 0.6) is 0 Å². The number of carbonyl (C=O) groups excluding carboxylic acids is 1. The normalized spacial score (nSPS) is 15.3. The third kappa shape index (κ3) is 2.85. The van der Waals surface area contributed by atoms with Crippen molar-refractivity contribution in [3.05, 3.63) is 53.2 Å². The molecule has 0 atom stereocenters. The standard InChI is InChI=1S/C18H18N4OS/c1-13-19-15-7-10-24-17(15)18(20-13)22-9-8-21(16(23)12-22)11-14-5-3-2-4-6-14/h2-7,10H,8-9,11-12H2,1H3. The summed E-state index contributed by atoms with van der Waals surface area (Å²) in [6.45, 7) is 4.45. The number of thiophene rings is 1. The lowest BCUT2D eigenvalue weighted by molar-refractivity contribution is -0.131. The highest BCUT2D eigenvalue weighted by atomic mass is 32.1. The van der Waals surface area contributed by atoms with Gasteiger partial charge >= 0.3 is 0 Å². The van der Waals surface area contributed by atoms with Gasteiger partial charge in [0.05, 0.1) is 16.8 Å². The smallest absolute Gasteiger partial charge is 0.242 e. The van der Waals surface area contributed by atoms with Crippen LogP contribution < -0.4 is 4.90 Å². The van der Waals surface area contributed by atoms with Crippen LogP contribution in [-0.2, 0) is 11.3 Å². The Hall–Kier alpha value is -2.47. The van der Waals surface area contributed by atoms with Crippen LogP contribution in [0.4, 0.5) is 5.82 Å². The Morgan fingerprint density at radius 3 is 2.75 bits per heavy atom. The van der Waals surface area contributed by atoms with Crippen molar-refractivity contribution in [1.29, 1.82) is 0 Å². The molecule has 1 aliphatic rings. The minimum atomic E-state index is 0.145. The molecule has 0 bridgehead atoms. The maximum absolute atomic E-state index is 12.6. The molecule has 1 aromatic carbocycles. The molecule has 122 valence electrons. The lowest BCUT2D eigenvalue weighted by atomic mass is 10.2. The van der Waals surface area contributed by atoms with Gasteiger partial charge in [0.2, 0.25) is 5.91 Å². The quantitative estimate of drug-likeness (QED) is 0.737. The van der Waals surface area contributed by atoms with Crippen LogP contribution in [0, 0.1) is 6.92 Å². The van der Waals surface area contributed by atoms with Gasteiger partial charge in [-0.1, -0.05) is 30.3 Å². The third-order valence-corrected chi connectivity index (χ3v) is 5.13. The Balaban J connectivity index is 1.54. The Morgan fingerprint density at radius 2 is 1.96 bits per heavy atom. The first-order valence-corrected chi connectivity index (χ1v) is 8.87. The van der Waals surface area contributed by atoms with E-state index in [4.69, 9.17) is 0 Å². The van der Waals surface area contributed by atoms with Crippen molar-refractivity contribution >= 4 is 33.3 Å². The van der Waals surface area contributed by atoms with E-state index in [1.165, 1.54) is 0 Å². The van der Waals surface area contributed by atoms with Gasteiger partial charge in [-0.05, 0) is 23.9 Å². The van der Waals surface area contributed by atoms with Crippen LogP contribution in [0.1, 0.15) is 11.4 Å². The zero-order valence-electron chi connectivity index (χ0n) is 13.5. The molecule has 3 heterocycles. The van der Waals surface area contributed by atoms with E-state index in [9.17, 15) is 4.79 Å². The molecule has 6 heteroatoms. The predicted molar refractivity (Wildman–Crippen MR) is 96.2 cm³/mol. The summed E-state index contributed by atoms with van der Waals surface area (Å²) < 4.78 is 1.06. The maximum Gasteiger partial charge on any atom is 0.242 e. The average Bonchev–Trinajstić information content (AvgIpc) is 3.05. The number of aromatic nitrogens is 2. The number of anilines is 1. The number of piperazine rings is 1. The lowest BCUT2D eigenvalue weighted by Gasteiger charge is -2.35. The molecule has 4 rings (SSSR count). The van der Waals surface area contributed by atoms with E-state index in [0.29, 0.717) is 19.6 Å². The van der Waals surface area contributed by atoms with E-state index in [1.807, 2.05) is 41.5 Å². The van der Waals surface area contributed by atoms with Crippen molar-refractivity contribution in [2.75, 3.05) is 24.5 Å². The Kier molecular flexibility index (Phi) is 3.90. The second kappa shape index (κ2) is 6.20. The molecule has 1 amide bonds. The number of hydrogen-bond donors (Lipinski definition) is 0. The van der Waals surface area contributed by atoms with Crippen LogP contribution in [-0.4, -0.2) is 40.4 Å². The Bertz CT molecular complexity index is 877. The van der Waals surface area contributed by atoms with E-state index >= 15 is 0 Å². The summed E-state index contributed by atoms with van der Waals surface area (Å²) in [5, 5.41) is 2.02. The summed E-state index contributed by atoms with van der Waals surface area (Å²) in [6, 6.07) is 12.1. The summed E-state index contributed by atoms with van der Waals surface area (Å²) in [5.74, 6) is 1.78. The lowest BCUT2D eigenvalue weighted by Crippen LogP contribution is -2.50. The van der Waals surface area contributed by atoms with Gasteiger partial charge in [0.15, 0.2) is 5.82 Å². The Labute approximate surface area is 144 Å². The van der Waals surface area contributed by atoms with Crippen molar-refractivity contribution in [3.8, 4) is 0 Å². The van der Waals surface area contributed by atoms with Gasteiger partial charge in [-0.25, -0.2) is 9.97 Å². The topological polar surface area (TPSA) is 49.3 Å². The van der Waals surface area contributed by atoms with Gasteiger partial charge in [-0.15, -0.1) is 11.3 Å². The molecule has 2 aromatic heterocycles. The molecule has 1 aliphatic heterocycles. The largest absolute Gasteiger partial charge is 0.344 e. The van der Waals surface area contributed by atoms with Crippen molar-refractivity contribution in [1.82, 2.24) is 14.9 Å². The van der Waals surface area contributed by atoms with Crippen LogP contribution in [0.3, 0.4) is 0 Å². The fraction of sp³-hybridized carbons (Fsp3) is 0.278. The molecule has 0 radical (unpaired) electrons. The number of aryl methyl sites for hydroxylation is 1. The molecule has 1 fully saturated rings. The van der Waals surface area contributed by atoms with Gasteiger partial charge < -0.3 is 9.80 Å². The summed E-state index contributed by atoms with van der Waals surface area (Å²) in [6.07, 6.45) is 0. The van der Waals surface area contributed by atoms with Crippen molar-refractivity contribution in [2.24, 2.45) is 0 Å². The SMILES string of the molecule is Cc1nc(N2CCN(Cc3ccccc3)C(=O)C2)c2sccc2n1. The van der Waals surface area contributed by atoms with E-state index in [2.05, 4.69) is 27.0 Å². The van der Waals surface area contributed by atoms with Crippen LogP contribution in [0.25, 0.3) is 10.2 Å². The number of rotatable bonds is 3. The summed E-state index contributed by atoms with van der Waals surface area (Å²) in [7, 11) is 0. The van der Waals surface area contributed by atoms with Crippen molar-refractivity contribution < 1.29 is 4.79 Å². The predicted octanol–water partition coefficient (Wildman–Crippen LogP) is 2.85. The summed E-state index contributed by atoms with van der Waals surface area (Å²) in [5.41, 5.74) is 2.12. The molecular formula is C18H18N4OS. The molecule has 5 nitrogen and oxygen atoms in total. The first-order chi connectivity index (χ1) is 11.7. The maximum atomic E-state index is 12.6. The van der Waals surface area contributed by atoms with Gasteiger partial charge in [0.1, 0.15) is 5.82 Å². The summed E-state index contributed by atoms with van der Waals surface area (Å²) in [4.78, 5) is 25.6.